The Bertz CT molecular complexity index is 817. The van der Waals surface area contributed by atoms with Crippen molar-refractivity contribution >= 4 is 23.8 Å². The summed E-state index contributed by atoms with van der Waals surface area (Å²) in [5.41, 5.74) is 4.52. The highest BCUT2D eigenvalue weighted by atomic mass is 16.5. The normalized spacial score (nSPS) is 19.6. The molecule has 1 heterocycles. The zero-order chi connectivity index (χ0) is 23.8. The Morgan fingerprint density at radius 1 is 1.19 bits per heavy atom. The second kappa shape index (κ2) is 11.6. The van der Waals surface area contributed by atoms with Crippen LogP contribution in [0.1, 0.15) is 38.7 Å². The van der Waals surface area contributed by atoms with E-state index in [0.717, 1.165) is 5.56 Å². The minimum Gasteiger partial charge on any atom is -0.480 e. The Kier molecular flexibility index (Phi) is 9.15. The summed E-state index contributed by atoms with van der Waals surface area (Å²) >= 11 is 0. The molecule has 1 aromatic carbocycles. The minimum atomic E-state index is -1.17. The molecule has 0 aliphatic carbocycles. The van der Waals surface area contributed by atoms with Gasteiger partial charge in [-0.25, -0.2) is 14.4 Å². The molecule has 1 fully saturated rings. The van der Waals surface area contributed by atoms with Gasteiger partial charge in [0.1, 0.15) is 6.04 Å². The molecule has 176 valence electrons. The van der Waals surface area contributed by atoms with Gasteiger partial charge in [0, 0.05) is 13.0 Å². The first-order chi connectivity index (χ1) is 15.1. The van der Waals surface area contributed by atoms with Crippen LogP contribution in [0.3, 0.4) is 0 Å². The maximum absolute atomic E-state index is 12.9. The largest absolute Gasteiger partial charge is 0.480 e. The maximum atomic E-state index is 12.9. The number of hydrogen-bond acceptors (Lipinski definition) is 5. The lowest BCUT2D eigenvalue weighted by molar-refractivity contribution is -0.697. The second-order valence-corrected chi connectivity index (χ2v) is 8.23. The number of aliphatic carboxylic acids is 2. The third-order valence-corrected chi connectivity index (χ3v) is 5.81. The number of amides is 1. The van der Waals surface area contributed by atoms with Crippen molar-refractivity contribution in [3.63, 3.8) is 0 Å². The topological polar surface area (TPSA) is 165 Å². The average Bonchev–Trinajstić information content (AvgIpc) is 3.26. The van der Waals surface area contributed by atoms with Crippen molar-refractivity contribution in [3.8, 4) is 0 Å². The Morgan fingerprint density at radius 2 is 1.84 bits per heavy atom. The number of nitrogens with zero attached hydrogens (tertiary/aromatic N) is 1. The molecule has 0 radical (unpaired) electrons. The number of carboxylic acids is 2. The molecule has 2 rings (SSSR count). The average molecular weight is 452 g/mol. The maximum Gasteiger partial charge on any atom is 0.366 e. The summed E-state index contributed by atoms with van der Waals surface area (Å²) in [4.78, 5) is 49.7. The summed E-state index contributed by atoms with van der Waals surface area (Å²) in [7, 11) is 0. The van der Waals surface area contributed by atoms with Crippen molar-refractivity contribution < 1.29 is 45.2 Å². The number of quaternary nitrogens is 2. The summed E-state index contributed by atoms with van der Waals surface area (Å²) in [5.74, 6) is -3.18. The molecule has 1 aromatic rings. The molecule has 1 aliphatic rings. The van der Waals surface area contributed by atoms with Crippen LogP contribution in [0.4, 0.5) is 0 Å². The molecule has 0 unspecified atom stereocenters. The van der Waals surface area contributed by atoms with Crippen LogP contribution in [0.15, 0.2) is 30.3 Å². The molecular weight excluding hydrogens is 418 g/mol. The van der Waals surface area contributed by atoms with E-state index >= 15 is 0 Å². The number of carbonyl (C=O) groups is 4. The summed E-state index contributed by atoms with van der Waals surface area (Å²) in [6, 6.07) is 6.09. The van der Waals surface area contributed by atoms with Crippen LogP contribution in [-0.2, 0) is 30.3 Å². The van der Waals surface area contributed by atoms with Gasteiger partial charge >= 0.3 is 17.9 Å². The van der Waals surface area contributed by atoms with Gasteiger partial charge in [0.2, 0.25) is 6.04 Å². The molecule has 32 heavy (non-hydrogen) atoms. The molecular formula is C22H33N3O7+2. The summed E-state index contributed by atoms with van der Waals surface area (Å²) in [6.07, 6.45) is 1.01. The number of aryl methyl sites for hydroxylation is 1. The molecule has 0 bridgehead atoms. The smallest absolute Gasteiger partial charge is 0.366 e. The van der Waals surface area contributed by atoms with Crippen LogP contribution in [-0.4, -0.2) is 75.7 Å². The third-order valence-electron chi connectivity index (χ3n) is 5.81. The minimum absolute atomic E-state index is 0.346. The van der Waals surface area contributed by atoms with E-state index in [1.165, 1.54) is 11.8 Å². The van der Waals surface area contributed by atoms with Gasteiger partial charge in [-0.3, -0.25) is 4.79 Å². The number of carbonyl (C=O) groups excluding carboxylic acids is 2. The van der Waals surface area contributed by atoms with Gasteiger partial charge in [-0.05, 0) is 38.7 Å². The van der Waals surface area contributed by atoms with Crippen molar-refractivity contribution in [2.45, 2.75) is 69.8 Å². The van der Waals surface area contributed by atoms with Crippen molar-refractivity contribution in [2.75, 3.05) is 6.54 Å². The van der Waals surface area contributed by atoms with E-state index in [4.69, 9.17) is 9.84 Å². The summed E-state index contributed by atoms with van der Waals surface area (Å²) in [6.45, 7) is 3.47. The molecule has 0 aromatic heterocycles. The first-order valence-corrected chi connectivity index (χ1v) is 10.8. The number of ether oxygens (including phenoxy) is 1. The van der Waals surface area contributed by atoms with Gasteiger partial charge in [0.15, 0.2) is 18.2 Å². The predicted octanol–water partition coefficient (Wildman–Crippen LogP) is -1.36. The second-order valence-electron chi connectivity index (χ2n) is 8.23. The van der Waals surface area contributed by atoms with Crippen molar-refractivity contribution in [1.29, 1.82) is 0 Å². The number of nitrogens with two attached hydrogens (primary N) is 1. The Labute approximate surface area is 186 Å². The van der Waals surface area contributed by atoms with Crippen molar-refractivity contribution in [1.82, 2.24) is 4.90 Å². The van der Waals surface area contributed by atoms with Gasteiger partial charge in [-0.1, -0.05) is 30.3 Å². The Hall–Kier alpha value is -2.98. The molecule has 0 saturated carbocycles. The van der Waals surface area contributed by atoms with E-state index < -0.39 is 48.2 Å². The van der Waals surface area contributed by atoms with Gasteiger partial charge in [-0.15, -0.1) is 0 Å². The number of likely N-dealkylation sites (tertiary alicyclic amines) is 1. The lowest BCUT2D eigenvalue weighted by atomic mass is 10.0. The van der Waals surface area contributed by atoms with Crippen LogP contribution < -0.4 is 11.1 Å². The fraction of sp³-hybridized carbons (Fsp3) is 0.545. The Balaban J connectivity index is 2.10. The highest BCUT2D eigenvalue weighted by Gasteiger charge is 2.39. The molecule has 1 saturated heterocycles. The quantitative estimate of drug-likeness (QED) is 0.302. The standard InChI is InChI=1S/C22H31N3O7/c1-13(19(26)25-12-6-9-17(25)20(27)28)24-16(11-10-15-7-4-3-5-8-15)22(31)32-14(2)18(23)21(29)30/h3-5,7-8,13-14,16-18,24H,6,9-12,23H2,1-2H3,(H,27,28)(H,29,30)/p+2/t13-,14+,16-,17-,18-/m0/s1. The molecule has 1 amide bonds. The summed E-state index contributed by atoms with van der Waals surface area (Å²) in [5, 5.41) is 20.0. The van der Waals surface area contributed by atoms with Crippen molar-refractivity contribution in [3.05, 3.63) is 35.9 Å². The van der Waals surface area contributed by atoms with Gasteiger partial charge < -0.3 is 30.9 Å². The number of esters is 1. The van der Waals surface area contributed by atoms with E-state index in [1.807, 2.05) is 30.3 Å². The molecule has 0 spiro atoms. The fourth-order valence-electron chi connectivity index (χ4n) is 3.79. The van der Waals surface area contributed by atoms with Crippen molar-refractivity contribution in [2.24, 2.45) is 0 Å². The summed E-state index contributed by atoms with van der Waals surface area (Å²) < 4.78 is 5.36. The third kappa shape index (κ3) is 6.76. The number of carboxylic acid groups (broad SMARTS) is 2. The molecule has 5 atom stereocenters. The SMILES string of the molecule is C[C@H]([NH2+][C@@H](CCc1ccccc1)C(=O)O[C@H](C)[C@H]([NH3+])C(=O)O)C(=O)N1CCC[C@H]1C(=O)O. The van der Waals surface area contributed by atoms with Crippen LogP contribution in [0.2, 0.25) is 0 Å². The fourth-order valence-corrected chi connectivity index (χ4v) is 3.79. The lowest BCUT2D eigenvalue weighted by Gasteiger charge is -2.26. The van der Waals surface area contributed by atoms with E-state index in [2.05, 4.69) is 5.73 Å². The Morgan fingerprint density at radius 3 is 2.44 bits per heavy atom. The number of hydrogen-bond donors (Lipinski definition) is 4. The highest BCUT2D eigenvalue weighted by Crippen LogP contribution is 2.18. The monoisotopic (exact) mass is 451 g/mol. The highest BCUT2D eigenvalue weighted by molar-refractivity contribution is 5.86. The lowest BCUT2D eigenvalue weighted by Crippen LogP contribution is -2.98. The molecule has 1 aliphatic heterocycles. The van der Waals surface area contributed by atoms with E-state index in [-0.39, 0.29) is 5.91 Å². The van der Waals surface area contributed by atoms with Gasteiger partial charge in [0.05, 0.1) is 0 Å². The van der Waals surface area contributed by atoms with E-state index in [1.54, 1.807) is 12.2 Å². The number of rotatable bonds is 11. The van der Waals surface area contributed by atoms with Crippen LogP contribution in [0.5, 0.6) is 0 Å². The molecule has 10 heteroatoms. The zero-order valence-corrected chi connectivity index (χ0v) is 18.5. The first-order valence-electron chi connectivity index (χ1n) is 10.8. The predicted molar refractivity (Wildman–Crippen MR) is 112 cm³/mol. The first kappa shape index (κ1) is 25.3. The zero-order valence-electron chi connectivity index (χ0n) is 18.5. The molecule has 7 N–H and O–H groups in total. The van der Waals surface area contributed by atoms with Crippen LogP contribution in [0, 0.1) is 0 Å². The molecule has 10 nitrogen and oxygen atoms in total. The van der Waals surface area contributed by atoms with Crippen LogP contribution in [0.25, 0.3) is 0 Å². The van der Waals surface area contributed by atoms with E-state index in [0.29, 0.717) is 32.2 Å². The van der Waals surface area contributed by atoms with Gasteiger partial charge in [0.25, 0.3) is 5.91 Å². The van der Waals surface area contributed by atoms with E-state index in [9.17, 15) is 24.3 Å². The van der Waals surface area contributed by atoms with Gasteiger partial charge in [-0.2, -0.15) is 0 Å². The van der Waals surface area contributed by atoms with Crippen LogP contribution >= 0.6 is 0 Å². The number of benzene rings is 1.